The molecule has 32 heavy (non-hydrogen) atoms. The monoisotopic (exact) mass is 454 g/mol. The molecular formula is C24H23ClN2O5. The van der Waals surface area contributed by atoms with Crippen molar-refractivity contribution in [3.8, 4) is 23.3 Å². The number of hydrogen-bond donors (Lipinski definition) is 1. The van der Waals surface area contributed by atoms with Crippen molar-refractivity contribution in [1.29, 1.82) is 5.26 Å². The van der Waals surface area contributed by atoms with E-state index in [9.17, 15) is 14.9 Å². The number of benzene rings is 2. The average molecular weight is 455 g/mol. The van der Waals surface area contributed by atoms with Gasteiger partial charge in [-0.15, -0.1) is 6.58 Å². The van der Waals surface area contributed by atoms with E-state index in [0.29, 0.717) is 16.3 Å². The van der Waals surface area contributed by atoms with E-state index in [0.717, 1.165) is 11.1 Å². The highest BCUT2D eigenvalue weighted by atomic mass is 35.5. The van der Waals surface area contributed by atoms with Crippen molar-refractivity contribution < 1.29 is 23.8 Å². The molecule has 2 aromatic rings. The molecule has 0 unspecified atom stereocenters. The van der Waals surface area contributed by atoms with Crippen molar-refractivity contribution in [2.75, 3.05) is 20.3 Å². The number of esters is 1. The summed E-state index contributed by atoms with van der Waals surface area (Å²) in [4.78, 5) is 24.2. The van der Waals surface area contributed by atoms with Crippen LogP contribution in [0.3, 0.4) is 0 Å². The third-order valence-electron chi connectivity index (χ3n) is 4.26. The number of halogens is 1. The van der Waals surface area contributed by atoms with E-state index in [1.807, 2.05) is 19.9 Å². The fourth-order valence-electron chi connectivity index (χ4n) is 2.72. The molecule has 2 aromatic carbocycles. The van der Waals surface area contributed by atoms with Gasteiger partial charge >= 0.3 is 5.97 Å². The average Bonchev–Trinajstić information content (AvgIpc) is 2.78. The molecule has 2 rings (SSSR count). The molecule has 0 saturated heterocycles. The van der Waals surface area contributed by atoms with Crippen molar-refractivity contribution in [1.82, 2.24) is 5.32 Å². The maximum atomic E-state index is 12.2. The van der Waals surface area contributed by atoms with Crippen LogP contribution in [-0.2, 0) is 9.59 Å². The number of carbonyl (C=O) groups excluding carboxylic acids is 2. The molecule has 0 aromatic heterocycles. The highest BCUT2D eigenvalue weighted by Crippen LogP contribution is 2.29. The quantitative estimate of drug-likeness (QED) is 0.201. The van der Waals surface area contributed by atoms with Crippen LogP contribution in [0.25, 0.3) is 6.08 Å². The lowest BCUT2D eigenvalue weighted by molar-refractivity contribution is -0.136. The fraction of sp³-hybridized carbons (Fsp3) is 0.208. The molecule has 7 nitrogen and oxygen atoms in total. The van der Waals surface area contributed by atoms with Crippen molar-refractivity contribution >= 4 is 29.6 Å². The number of nitrogens with one attached hydrogen (secondary N) is 1. The predicted octanol–water partition coefficient (Wildman–Crippen LogP) is 4.16. The largest absolute Gasteiger partial charge is 0.493 e. The first kappa shape index (κ1) is 24.5. The van der Waals surface area contributed by atoms with Crippen LogP contribution < -0.4 is 19.5 Å². The van der Waals surface area contributed by atoms with Crippen LogP contribution in [0.5, 0.6) is 17.2 Å². The smallest absolute Gasteiger partial charge is 0.349 e. The number of carbonyl (C=O) groups is 2. The van der Waals surface area contributed by atoms with E-state index < -0.39 is 11.9 Å². The van der Waals surface area contributed by atoms with Gasteiger partial charge < -0.3 is 19.5 Å². The van der Waals surface area contributed by atoms with Gasteiger partial charge in [0.15, 0.2) is 18.1 Å². The minimum Gasteiger partial charge on any atom is -0.493 e. The molecule has 0 fully saturated rings. The molecule has 0 spiro atoms. The molecule has 1 N–H and O–H groups in total. The first-order valence-electron chi connectivity index (χ1n) is 9.58. The van der Waals surface area contributed by atoms with E-state index >= 15 is 0 Å². The Morgan fingerprint density at radius 3 is 2.47 bits per heavy atom. The molecular weight excluding hydrogens is 432 g/mol. The Labute approximate surface area is 191 Å². The molecule has 0 saturated carbocycles. The normalized spacial score (nSPS) is 10.7. The third kappa shape index (κ3) is 6.62. The van der Waals surface area contributed by atoms with Gasteiger partial charge in [0, 0.05) is 11.6 Å². The lowest BCUT2D eigenvalue weighted by Crippen LogP contribution is -2.24. The molecule has 0 bridgehead atoms. The first-order chi connectivity index (χ1) is 15.3. The van der Waals surface area contributed by atoms with Crippen LogP contribution >= 0.6 is 11.6 Å². The van der Waals surface area contributed by atoms with Crippen molar-refractivity contribution in [2.45, 2.75) is 13.8 Å². The molecule has 1 amide bonds. The van der Waals surface area contributed by atoms with E-state index in [-0.39, 0.29) is 30.2 Å². The fourth-order valence-corrected chi connectivity index (χ4v) is 2.83. The molecule has 166 valence electrons. The minimum atomic E-state index is -0.627. The highest BCUT2D eigenvalue weighted by molar-refractivity contribution is 6.32. The molecule has 8 heteroatoms. The summed E-state index contributed by atoms with van der Waals surface area (Å²) < 4.78 is 16.1. The van der Waals surface area contributed by atoms with Crippen LogP contribution in [0, 0.1) is 25.2 Å². The van der Waals surface area contributed by atoms with E-state index in [4.69, 9.17) is 25.8 Å². The topological polar surface area (TPSA) is 97.7 Å². The lowest BCUT2D eigenvalue weighted by atomic mass is 10.1. The van der Waals surface area contributed by atoms with Crippen LogP contribution in [0.15, 0.2) is 48.6 Å². The molecule has 0 atom stereocenters. The second-order valence-electron chi connectivity index (χ2n) is 6.71. The summed E-state index contributed by atoms with van der Waals surface area (Å²) in [7, 11) is 1.41. The zero-order valence-corrected chi connectivity index (χ0v) is 18.8. The van der Waals surface area contributed by atoms with E-state index in [1.54, 1.807) is 24.3 Å². The van der Waals surface area contributed by atoms with Gasteiger partial charge in [-0.3, -0.25) is 4.79 Å². The summed E-state index contributed by atoms with van der Waals surface area (Å²) in [6.07, 6.45) is 2.92. The standard InChI is InChI=1S/C24H23ClN2O5/c1-5-8-27-24(29)18(13-26)11-17-6-7-20(21(12-17)30-4)32-22(28)14-31-19-9-15(2)23(25)16(3)10-19/h5-7,9-12H,1,8,14H2,2-4H3,(H,27,29)/b18-11+. The number of hydrogen-bond acceptors (Lipinski definition) is 6. The summed E-state index contributed by atoms with van der Waals surface area (Å²) in [6.45, 7) is 7.14. The SMILES string of the molecule is C=CCNC(=O)/C(C#N)=C/c1ccc(OC(=O)COc2cc(C)c(Cl)c(C)c2)c(OC)c1. The molecule has 0 heterocycles. The van der Waals surface area contributed by atoms with Crippen LogP contribution in [0.1, 0.15) is 16.7 Å². The van der Waals surface area contributed by atoms with Gasteiger partial charge in [-0.05, 0) is 60.9 Å². The maximum absolute atomic E-state index is 12.2. The number of aryl methyl sites for hydroxylation is 2. The maximum Gasteiger partial charge on any atom is 0.349 e. The molecule has 0 aliphatic carbocycles. The van der Waals surface area contributed by atoms with E-state index in [2.05, 4.69) is 11.9 Å². The van der Waals surface area contributed by atoms with Gasteiger partial charge in [-0.2, -0.15) is 5.26 Å². The Balaban J connectivity index is 2.10. The number of amides is 1. The Morgan fingerprint density at radius 1 is 1.19 bits per heavy atom. The summed E-state index contributed by atoms with van der Waals surface area (Å²) in [6, 6.07) is 9.98. The van der Waals surface area contributed by atoms with Gasteiger partial charge in [0.2, 0.25) is 0 Å². The van der Waals surface area contributed by atoms with Crippen molar-refractivity contribution in [3.05, 3.63) is 70.3 Å². The zero-order chi connectivity index (χ0) is 23.7. The molecule has 0 aliphatic heterocycles. The Hall–Kier alpha value is -3.76. The van der Waals surface area contributed by atoms with Gasteiger partial charge in [0.25, 0.3) is 5.91 Å². The summed E-state index contributed by atoms with van der Waals surface area (Å²) in [5, 5.41) is 12.4. The lowest BCUT2D eigenvalue weighted by Gasteiger charge is -2.12. The predicted molar refractivity (Wildman–Crippen MR) is 122 cm³/mol. The van der Waals surface area contributed by atoms with Gasteiger partial charge in [0.1, 0.15) is 17.4 Å². The van der Waals surface area contributed by atoms with Crippen molar-refractivity contribution in [2.24, 2.45) is 0 Å². The first-order valence-corrected chi connectivity index (χ1v) is 9.96. The van der Waals surface area contributed by atoms with Gasteiger partial charge in [-0.25, -0.2) is 4.79 Å². The second kappa shape index (κ2) is 11.6. The summed E-state index contributed by atoms with van der Waals surface area (Å²) in [5.74, 6) is -0.206. The summed E-state index contributed by atoms with van der Waals surface area (Å²) in [5.41, 5.74) is 2.13. The van der Waals surface area contributed by atoms with Gasteiger partial charge in [0.05, 0.1) is 7.11 Å². The van der Waals surface area contributed by atoms with Crippen LogP contribution in [-0.4, -0.2) is 32.1 Å². The zero-order valence-electron chi connectivity index (χ0n) is 18.0. The number of nitriles is 1. The second-order valence-corrected chi connectivity index (χ2v) is 7.09. The molecule has 0 aliphatic rings. The highest BCUT2D eigenvalue weighted by Gasteiger charge is 2.14. The van der Waals surface area contributed by atoms with Crippen LogP contribution in [0.4, 0.5) is 0 Å². The Kier molecular flexibility index (Phi) is 8.87. The Bertz CT molecular complexity index is 1080. The molecule has 0 radical (unpaired) electrons. The van der Waals surface area contributed by atoms with Gasteiger partial charge in [-0.1, -0.05) is 23.7 Å². The van der Waals surface area contributed by atoms with Crippen LogP contribution in [0.2, 0.25) is 5.02 Å². The number of nitrogens with zero attached hydrogens (tertiary/aromatic N) is 1. The van der Waals surface area contributed by atoms with E-state index in [1.165, 1.54) is 25.3 Å². The number of ether oxygens (including phenoxy) is 3. The number of rotatable bonds is 9. The Morgan fingerprint density at radius 2 is 1.88 bits per heavy atom. The third-order valence-corrected chi connectivity index (χ3v) is 4.86. The van der Waals surface area contributed by atoms with Crippen molar-refractivity contribution in [3.63, 3.8) is 0 Å². The minimum absolute atomic E-state index is 0.0828. The number of methoxy groups -OCH3 is 1. The summed E-state index contributed by atoms with van der Waals surface area (Å²) >= 11 is 6.14.